The SMILES string of the molecule is CC(C)(CCC(O)COc1ccccc1)Cc1ccc([N+](=O)[O-])cc1. The van der Waals surface area contributed by atoms with E-state index in [1.54, 1.807) is 12.1 Å². The lowest BCUT2D eigenvalue weighted by Gasteiger charge is -2.26. The van der Waals surface area contributed by atoms with Crippen LogP contribution in [0.25, 0.3) is 0 Å². The fourth-order valence-corrected chi connectivity index (χ4v) is 2.73. The summed E-state index contributed by atoms with van der Waals surface area (Å²) >= 11 is 0. The molecule has 5 nitrogen and oxygen atoms in total. The predicted octanol–water partition coefficient (Wildman–Crippen LogP) is 4.38. The number of hydrogen-bond donors (Lipinski definition) is 1. The molecule has 2 rings (SSSR count). The summed E-state index contributed by atoms with van der Waals surface area (Å²) in [6.45, 7) is 4.55. The zero-order chi connectivity index (χ0) is 18.3. The molecule has 0 fully saturated rings. The number of nitro benzene ring substituents is 1. The first-order chi connectivity index (χ1) is 11.9. The number of hydrogen-bond acceptors (Lipinski definition) is 4. The lowest BCUT2D eigenvalue weighted by Crippen LogP contribution is -2.22. The van der Waals surface area contributed by atoms with Gasteiger partial charge in [0, 0.05) is 12.1 Å². The molecule has 1 unspecified atom stereocenters. The molecule has 5 heteroatoms. The predicted molar refractivity (Wildman–Crippen MR) is 97.8 cm³/mol. The maximum atomic E-state index is 10.7. The van der Waals surface area contributed by atoms with Gasteiger partial charge in [-0.1, -0.05) is 44.2 Å². The Labute approximate surface area is 148 Å². The molecule has 0 heterocycles. The van der Waals surface area contributed by atoms with Crippen LogP contribution < -0.4 is 4.74 Å². The normalized spacial score (nSPS) is 12.6. The minimum atomic E-state index is -0.517. The number of nitro groups is 1. The Morgan fingerprint density at radius 1 is 1.12 bits per heavy atom. The molecule has 2 aromatic carbocycles. The Morgan fingerprint density at radius 3 is 2.36 bits per heavy atom. The van der Waals surface area contributed by atoms with Gasteiger partial charge in [-0.15, -0.1) is 0 Å². The average molecular weight is 343 g/mol. The molecular weight excluding hydrogens is 318 g/mol. The molecule has 0 aliphatic heterocycles. The number of non-ortho nitro benzene ring substituents is 1. The number of ether oxygens (including phenoxy) is 1. The van der Waals surface area contributed by atoms with Gasteiger partial charge in [-0.2, -0.15) is 0 Å². The highest BCUT2D eigenvalue weighted by molar-refractivity contribution is 5.33. The third-order valence-electron chi connectivity index (χ3n) is 4.17. The molecule has 0 saturated heterocycles. The van der Waals surface area contributed by atoms with Gasteiger partial charge in [0.2, 0.25) is 0 Å². The fourth-order valence-electron chi connectivity index (χ4n) is 2.73. The first kappa shape index (κ1) is 18.9. The fraction of sp³-hybridized carbons (Fsp3) is 0.400. The Kier molecular flexibility index (Phi) is 6.53. The molecule has 1 atom stereocenters. The third kappa shape index (κ3) is 6.55. The number of rotatable bonds is 9. The highest BCUT2D eigenvalue weighted by Crippen LogP contribution is 2.29. The molecule has 134 valence electrons. The van der Waals surface area contributed by atoms with Crippen LogP contribution >= 0.6 is 0 Å². The van der Waals surface area contributed by atoms with Crippen molar-refractivity contribution >= 4 is 5.69 Å². The molecule has 0 bridgehead atoms. The number of para-hydroxylation sites is 1. The summed E-state index contributed by atoms with van der Waals surface area (Å²) in [6, 6.07) is 16.1. The van der Waals surface area contributed by atoms with Crippen molar-refractivity contribution in [2.75, 3.05) is 6.61 Å². The first-order valence-corrected chi connectivity index (χ1v) is 8.45. The maximum absolute atomic E-state index is 10.7. The highest BCUT2D eigenvalue weighted by atomic mass is 16.6. The minimum Gasteiger partial charge on any atom is -0.491 e. The van der Waals surface area contributed by atoms with E-state index < -0.39 is 11.0 Å². The van der Waals surface area contributed by atoms with E-state index in [2.05, 4.69) is 13.8 Å². The number of nitrogens with zero attached hydrogens (tertiary/aromatic N) is 1. The largest absolute Gasteiger partial charge is 0.491 e. The second kappa shape index (κ2) is 8.62. The van der Waals surface area contributed by atoms with Crippen LogP contribution in [0.4, 0.5) is 5.69 Å². The summed E-state index contributed by atoms with van der Waals surface area (Å²) in [5.74, 6) is 0.756. The molecule has 0 amide bonds. The first-order valence-electron chi connectivity index (χ1n) is 8.45. The van der Waals surface area contributed by atoms with Crippen LogP contribution in [0.15, 0.2) is 54.6 Å². The van der Waals surface area contributed by atoms with Crippen molar-refractivity contribution < 1.29 is 14.8 Å². The average Bonchev–Trinajstić information content (AvgIpc) is 2.59. The summed E-state index contributed by atoms with van der Waals surface area (Å²) in [5, 5.41) is 20.8. The quantitative estimate of drug-likeness (QED) is 0.541. The lowest BCUT2D eigenvalue weighted by atomic mass is 9.81. The molecule has 0 aliphatic rings. The van der Waals surface area contributed by atoms with Crippen molar-refractivity contribution in [3.8, 4) is 5.75 Å². The van der Waals surface area contributed by atoms with Crippen molar-refractivity contribution in [3.63, 3.8) is 0 Å². The van der Waals surface area contributed by atoms with Crippen LogP contribution in [0.1, 0.15) is 32.3 Å². The molecule has 1 N–H and O–H groups in total. The maximum Gasteiger partial charge on any atom is 0.269 e. The molecule has 0 spiro atoms. The molecule has 0 radical (unpaired) electrons. The molecule has 0 saturated carbocycles. The van der Waals surface area contributed by atoms with Crippen LogP contribution in [0.3, 0.4) is 0 Å². The van der Waals surface area contributed by atoms with E-state index in [0.717, 1.165) is 24.2 Å². The van der Waals surface area contributed by atoms with Crippen LogP contribution in [-0.2, 0) is 6.42 Å². The van der Waals surface area contributed by atoms with Crippen molar-refractivity contribution in [1.82, 2.24) is 0 Å². The van der Waals surface area contributed by atoms with Crippen molar-refractivity contribution in [3.05, 3.63) is 70.3 Å². The smallest absolute Gasteiger partial charge is 0.269 e. The van der Waals surface area contributed by atoms with Gasteiger partial charge in [0.15, 0.2) is 0 Å². The van der Waals surface area contributed by atoms with Gasteiger partial charge in [0.05, 0.1) is 11.0 Å². The Hall–Kier alpha value is -2.40. The third-order valence-corrected chi connectivity index (χ3v) is 4.17. The van der Waals surface area contributed by atoms with Gasteiger partial charge in [-0.3, -0.25) is 10.1 Å². The van der Waals surface area contributed by atoms with Crippen LogP contribution in [0, 0.1) is 15.5 Å². The summed E-state index contributed by atoms with van der Waals surface area (Å²) in [4.78, 5) is 10.3. The lowest BCUT2D eigenvalue weighted by molar-refractivity contribution is -0.384. The number of aliphatic hydroxyl groups excluding tert-OH is 1. The van der Waals surface area contributed by atoms with Gasteiger partial charge in [-0.25, -0.2) is 0 Å². The zero-order valence-corrected chi connectivity index (χ0v) is 14.7. The zero-order valence-electron chi connectivity index (χ0n) is 14.7. The van der Waals surface area contributed by atoms with Gasteiger partial charge >= 0.3 is 0 Å². The number of aliphatic hydroxyl groups is 1. The molecule has 0 aliphatic carbocycles. The van der Waals surface area contributed by atoms with Gasteiger partial charge < -0.3 is 9.84 Å². The number of benzene rings is 2. The van der Waals surface area contributed by atoms with Crippen molar-refractivity contribution in [2.24, 2.45) is 5.41 Å². The van der Waals surface area contributed by atoms with E-state index in [1.165, 1.54) is 12.1 Å². The van der Waals surface area contributed by atoms with E-state index >= 15 is 0 Å². The topological polar surface area (TPSA) is 72.6 Å². The van der Waals surface area contributed by atoms with Gasteiger partial charge in [-0.05, 0) is 42.4 Å². The summed E-state index contributed by atoms with van der Waals surface area (Å²) in [7, 11) is 0. The standard InChI is InChI=1S/C20H25NO4/c1-20(2,14-16-8-10-17(11-9-16)21(23)24)13-12-18(22)15-25-19-6-4-3-5-7-19/h3-11,18,22H,12-15H2,1-2H3. The second-order valence-electron chi connectivity index (χ2n) is 7.08. The summed E-state index contributed by atoms with van der Waals surface area (Å²) in [6.07, 6.45) is 1.77. The Bertz CT molecular complexity index is 668. The highest BCUT2D eigenvalue weighted by Gasteiger charge is 2.21. The van der Waals surface area contributed by atoms with E-state index in [9.17, 15) is 15.2 Å². The van der Waals surface area contributed by atoms with Crippen LogP contribution in [0.2, 0.25) is 0 Å². The molecule has 0 aromatic heterocycles. The van der Waals surface area contributed by atoms with Gasteiger partial charge in [0.25, 0.3) is 5.69 Å². The van der Waals surface area contributed by atoms with E-state index in [4.69, 9.17) is 4.74 Å². The van der Waals surface area contributed by atoms with E-state index in [-0.39, 0.29) is 17.7 Å². The Morgan fingerprint density at radius 2 is 1.76 bits per heavy atom. The molecule has 25 heavy (non-hydrogen) atoms. The van der Waals surface area contributed by atoms with E-state index in [0.29, 0.717) is 6.42 Å². The monoisotopic (exact) mass is 343 g/mol. The van der Waals surface area contributed by atoms with Gasteiger partial charge in [0.1, 0.15) is 12.4 Å². The molecule has 2 aromatic rings. The minimum absolute atomic E-state index is 0.0101. The summed E-state index contributed by atoms with van der Waals surface area (Å²) < 4.78 is 5.57. The van der Waals surface area contributed by atoms with Crippen LogP contribution in [0.5, 0.6) is 5.75 Å². The molecular formula is C20H25NO4. The van der Waals surface area contributed by atoms with E-state index in [1.807, 2.05) is 30.3 Å². The van der Waals surface area contributed by atoms with Crippen molar-refractivity contribution in [1.29, 1.82) is 0 Å². The van der Waals surface area contributed by atoms with Crippen molar-refractivity contribution in [2.45, 2.75) is 39.2 Å². The summed E-state index contributed by atoms with van der Waals surface area (Å²) in [5.41, 5.74) is 1.16. The second-order valence-corrected chi connectivity index (χ2v) is 7.08. The Balaban J connectivity index is 1.78. The van der Waals surface area contributed by atoms with Crippen LogP contribution in [-0.4, -0.2) is 22.7 Å².